The van der Waals surface area contributed by atoms with Crippen LogP contribution in [0.4, 0.5) is 10.1 Å². The molecular formula is C20H20ClFN2. The highest BCUT2D eigenvalue weighted by Crippen LogP contribution is 2.33. The smallest absolute Gasteiger partial charge is 0.126 e. The minimum atomic E-state index is -0.110. The Bertz CT molecular complexity index is 850. The number of aryl methyl sites for hydroxylation is 1. The summed E-state index contributed by atoms with van der Waals surface area (Å²) in [5, 5.41) is 2.43. The van der Waals surface area contributed by atoms with Gasteiger partial charge in [0.15, 0.2) is 0 Å². The van der Waals surface area contributed by atoms with Crippen LogP contribution in [0.2, 0.25) is 0 Å². The Morgan fingerprint density at radius 2 is 1.83 bits per heavy atom. The molecule has 0 amide bonds. The zero-order valence-corrected chi connectivity index (χ0v) is 14.2. The minimum Gasteiger partial charge on any atom is -0.369 e. The molecule has 4 heteroatoms. The third-order valence-corrected chi connectivity index (χ3v) is 4.62. The molecule has 0 unspecified atom stereocenters. The molecule has 0 radical (unpaired) electrons. The first kappa shape index (κ1) is 16.7. The van der Waals surface area contributed by atoms with Crippen LogP contribution in [0.15, 0.2) is 54.7 Å². The first-order chi connectivity index (χ1) is 11.3. The van der Waals surface area contributed by atoms with Gasteiger partial charge in [0.1, 0.15) is 5.82 Å². The molecule has 0 bridgehead atoms. The molecular weight excluding hydrogens is 323 g/mol. The quantitative estimate of drug-likeness (QED) is 0.680. The van der Waals surface area contributed by atoms with E-state index < -0.39 is 0 Å². The Kier molecular flexibility index (Phi) is 5.00. The van der Waals surface area contributed by atoms with Crippen molar-refractivity contribution in [1.82, 2.24) is 4.98 Å². The van der Waals surface area contributed by atoms with Gasteiger partial charge in [-0.25, -0.2) is 4.39 Å². The lowest BCUT2D eigenvalue weighted by atomic mass is 10.0. The molecule has 4 rings (SSSR count). The molecule has 2 nitrogen and oxygen atoms in total. The molecule has 124 valence electrons. The number of fused-ring (bicyclic) bond motifs is 3. The van der Waals surface area contributed by atoms with Crippen LogP contribution >= 0.6 is 12.4 Å². The molecule has 0 saturated carbocycles. The van der Waals surface area contributed by atoms with Crippen LogP contribution in [0.25, 0.3) is 10.8 Å². The maximum atomic E-state index is 13.9. The molecule has 24 heavy (non-hydrogen) atoms. The van der Waals surface area contributed by atoms with E-state index in [1.165, 1.54) is 28.2 Å². The Hall–Kier alpha value is -2.13. The molecule has 1 aliphatic heterocycles. The summed E-state index contributed by atoms with van der Waals surface area (Å²) in [5.41, 5.74) is 3.20. The van der Waals surface area contributed by atoms with Crippen LogP contribution in [-0.2, 0) is 12.8 Å². The highest BCUT2D eigenvalue weighted by molar-refractivity contribution is 5.95. The lowest BCUT2D eigenvalue weighted by Gasteiger charge is -2.32. The highest BCUT2D eigenvalue weighted by Gasteiger charge is 2.20. The minimum absolute atomic E-state index is 0. The number of hydrogen-bond donors (Lipinski definition) is 0. The maximum Gasteiger partial charge on any atom is 0.126 e. The van der Waals surface area contributed by atoms with Crippen molar-refractivity contribution in [3.63, 3.8) is 0 Å². The number of anilines is 1. The van der Waals surface area contributed by atoms with Gasteiger partial charge in [-0.2, -0.15) is 0 Å². The standard InChI is InChI=1S/C20H19FN2.ClH/c21-18-9-4-2-6-15(18)11-13-23-12-5-10-19-20(23)17-8-3-1-7-16(17)14-22-19;/h1-4,6-9,14H,5,10-13H2;1H. The molecule has 2 aromatic carbocycles. The fraction of sp³-hybridized carbons (Fsp3) is 0.250. The largest absolute Gasteiger partial charge is 0.369 e. The predicted molar refractivity (Wildman–Crippen MR) is 99.6 cm³/mol. The second kappa shape index (κ2) is 7.18. The number of hydrogen-bond acceptors (Lipinski definition) is 2. The number of aromatic nitrogens is 1. The zero-order valence-electron chi connectivity index (χ0n) is 13.4. The SMILES string of the molecule is Cl.Fc1ccccc1CCN1CCCc2ncc3ccccc3c21. The first-order valence-electron chi connectivity index (χ1n) is 8.18. The van der Waals surface area contributed by atoms with Gasteiger partial charge in [0.05, 0.1) is 11.4 Å². The molecule has 2 heterocycles. The third-order valence-electron chi connectivity index (χ3n) is 4.62. The van der Waals surface area contributed by atoms with Crippen LogP contribution < -0.4 is 4.90 Å². The number of pyridine rings is 1. The fourth-order valence-electron chi connectivity index (χ4n) is 3.45. The van der Waals surface area contributed by atoms with E-state index in [0.29, 0.717) is 0 Å². The van der Waals surface area contributed by atoms with Crippen molar-refractivity contribution >= 4 is 28.9 Å². The van der Waals surface area contributed by atoms with Crippen LogP contribution in [-0.4, -0.2) is 18.1 Å². The molecule has 3 aromatic rings. The Morgan fingerprint density at radius 1 is 1.04 bits per heavy atom. The molecule has 0 spiro atoms. The van der Waals surface area contributed by atoms with E-state index in [2.05, 4.69) is 28.1 Å². The molecule has 0 N–H and O–H groups in total. The highest BCUT2D eigenvalue weighted by atomic mass is 35.5. The second-order valence-electron chi connectivity index (χ2n) is 6.07. The summed E-state index contributed by atoms with van der Waals surface area (Å²) in [7, 11) is 0. The summed E-state index contributed by atoms with van der Waals surface area (Å²) in [4.78, 5) is 7.03. The Morgan fingerprint density at radius 3 is 2.71 bits per heavy atom. The lowest BCUT2D eigenvalue weighted by Crippen LogP contribution is -2.32. The molecule has 0 fully saturated rings. The molecule has 1 aliphatic rings. The molecule has 1 aromatic heterocycles. The van der Waals surface area contributed by atoms with Crippen molar-refractivity contribution < 1.29 is 4.39 Å². The van der Waals surface area contributed by atoms with Crippen molar-refractivity contribution in [2.75, 3.05) is 18.0 Å². The first-order valence-corrected chi connectivity index (χ1v) is 8.18. The summed E-state index contributed by atoms with van der Waals surface area (Å²) in [5.74, 6) is -0.110. The van der Waals surface area contributed by atoms with Gasteiger partial charge in [-0.1, -0.05) is 42.5 Å². The fourth-order valence-corrected chi connectivity index (χ4v) is 3.45. The molecule has 0 aliphatic carbocycles. The Labute approximate surface area is 147 Å². The topological polar surface area (TPSA) is 16.1 Å². The van der Waals surface area contributed by atoms with Gasteiger partial charge < -0.3 is 4.90 Å². The van der Waals surface area contributed by atoms with E-state index in [4.69, 9.17) is 0 Å². The molecule has 0 atom stereocenters. The van der Waals surface area contributed by atoms with E-state index in [9.17, 15) is 4.39 Å². The maximum absolute atomic E-state index is 13.9. The average Bonchev–Trinajstić information content (AvgIpc) is 2.60. The van der Waals surface area contributed by atoms with Crippen LogP contribution in [0.3, 0.4) is 0 Å². The van der Waals surface area contributed by atoms with Crippen molar-refractivity contribution in [2.24, 2.45) is 0 Å². The monoisotopic (exact) mass is 342 g/mol. The predicted octanol–water partition coefficient (Wildman–Crippen LogP) is 4.79. The molecule has 0 saturated heterocycles. The van der Waals surface area contributed by atoms with Crippen molar-refractivity contribution in [3.05, 3.63) is 71.8 Å². The average molecular weight is 343 g/mol. The van der Waals surface area contributed by atoms with Gasteiger partial charge in [0.25, 0.3) is 0 Å². The lowest BCUT2D eigenvalue weighted by molar-refractivity contribution is 0.603. The summed E-state index contributed by atoms with van der Waals surface area (Å²) < 4.78 is 13.9. The van der Waals surface area contributed by atoms with Crippen LogP contribution in [0, 0.1) is 5.82 Å². The number of halogens is 2. The van der Waals surface area contributed by atoms with Gasteiger partial charge in [-0.05, 0) is 30.9 Å². The van der Waals surface area contributed by atoms with Crippen LogP contribution in [0.1, 0.15) is 17.7 Å². The van der Waals surface area contributed by atoms with Gasteiger partial charge in [0.2, 0.25) is 0 Å². The third kappa shape index (κ3) is 3.09. The summed E-state index contributed by atoms with van der Waals surface area (Å²) >= 11 is 0. The Balaban J connectivity index is 0.00000169. The van der Waals surface area contributed by atoms with Crippen molar-refractivity contribution in [1.29, 1.82) is 0 Å². The summed E-state index contributed by atoms with van der Waals surface area (Å²) in [6.07, 6.45) is 4.82. The van der Waals surface area contributed by atoms with E-state index >= 15 is 0 Å². The number of benzene rings is 2. The van der Waals surface area contributed by atoms with E-state index in [0.717, 1.165) is 37.9 Å². The van der Waals surface area contributed by atoms with Gasteiger partial charge in [-0.15, -0.1) is 12.4 Å². The van der Waals surface area contributed by atoms with Crippen LogP contribution in [0.5, 0.6) is 0 Å². The zero-order chi connectivity index (χ0) is 15.6. The normalized spacial score (nSPS) is 13.5. The summed E-state index contributed by atoms with van der Waals surface area (Å²) in [6.45, 7) is 1.83. The van der Waals surface area contributed by atoms with Crippen molar-refractivity contribution in [2.45, 2.75) is 19.3 Å². The second-order valence-corrected chi connectivity index (χ2v) is 6.07. The van der Waals surface area contributed by atoms with Crippen molar-refractivity contribution in [3.8, 4) is 0 Å². The summed E-state index contributed by atoms with van der Waals surface area (Å²) in [6, 6.07) is 15.4. The van der Waals surface area contributed by atoms with Gasteiger partial charge in [-0.3, -0.25) is 4.98 Å². The van der Waals surface area contributed by atoms with Gasteiger partial charge in [0, 0.05) is 30.1 Å². The number of rotatable bonds is 3. The van der Waals surface area contributed by atoms with E-state index in [-0.39, 0.29) is 18.2 Å². The van der Waals surface area contributed by atoms with E-state index in [1.807, 2.05) is 24.4 Å². The number of nitrogens with zero attached hydrogens (tertiary/aromatic N) is 2. The van der Waals surface area contributed by atoms with E-state index in [1.54, 1.807) is 6.07 Å². The van der Waals surface area contributed by atoms with Gasteiger partial charge >= 0.3 is 0 Å².